The van der Waals surface area contributed by atoms with Gasteiger partial charge in [0.05, 0.1) is 5.02 Å². The zero-order valence-electron chi connectivity index (χ0n) is 10.3. The van der Waals surface area contributed by atoms with Crippen LogP contribution in [0.2, 0.25) is 5.02 Å². The molecule has 2 aromatic rings. The Balaban J connectivity index is 1.93. The highest BCUT2D eigenvalue weighted by atomic mass is 35.5. The number of nitrogens with zero attached hydrogens (tertiary/aromatic N) is 2. The van der Waals surface area contributed by atoms with E-state index < -0.39 is 5.54 Å². The highest BCUT2D eigenvalue weighted by molar-refractivity contribution is 6.33. The van der Waals surface area contributed by atoms with Crippen molar-refractivity contribution >= 4 is 11.6 Å². The Morgan fingerprint density at radius 3 is 2.68 bits per heavy atom. The number of ether oxygens (including phenoxy) is 1. The summed E-state index contributed by atoms with van der Waals surface area (Å²) in [7, 11) is 0. The van der Waals surface area contributed by atoms with Crippen LogP contribution in [0.5, 0.6) is 0 Å². The fraction of sp³-hybridized carbons (Fsp3) is 0.385. The zero-order chi connectivity index (χ0) is 13.3. The minimum absolute atomic E-state index is 0.450. The third-order valence-corrected chi connectivity index (χ3v) is 3.68. The summed E-state index contributed by atoms with van der Waals surface area (Å²) in [4.78, 5) is 4.39. The van der Waals surface area contributed by atoms with Crippen LogP contribution >= 0.6 is 11.6 Å². The summed E-state index contributed by atoms with van der Waals surface area (Å²) in [5, 5.41) is 4.57. The van der Waals surface area contributed by atoms with Gasteiger partial charge in [0, 0.05) is 18.8 Å². The summed E-state index contributed by atoms with van der Waals surface area (Å²) in [6.07, 6.45) is 1.36. The summed E-state index contributed by atoms with van der Waals surface area (Å²) in [5.74, 6) is 0.919. The average Bonchev–Trinajstić information content (AvgIpc) is 2.90. The standard InChI is InChI=1S/C13H14ClN3O2/c14-10-4-2-1-3-9(10)11-16-12(19-17-11)13(15)5-7-18-8-6-13/h1-4H,5-8,15H2. The van der Waals surface area contributed by atoms with Gasteiger partial charge in [-0.05, 0) is 25.0 Å². The number of aromatic nitrogens is 2. The van der Waals surface area contributed by atoms with Crippen molar-refractivity contribution in [2.75, 3.05) is 13.2 Å². The SMILES string of the molecule is NC1(c2nc(-c3ccccc3Cl)no2)CCOCC1. The minimum Gasteiger partial charge on any atom is -0.381 e. The van der Waals surface area contributed by atoms with Crippen LogP contribution in [0.1, 0.15) is 18.7 Å². The fourth-order valence-electron chi connectivity index (χ4n) is 2.13. The number of nitrogens with two attached hydrogens (primary N) is 1. The fourth-order valence-corrected chi connectivity index (χ4v) is 2.35. The molecule has 0 saturated carbocycles. The molecule has 1 saturated heterocycles. The Morgan fingerprint density at radius 2 is 1.95 bits per heavy atom. The van der Waals surface area contributed by atoms with Crippen LogP contribution in [0.4, 0.5) is 0 Å². The summed E-state index contributed by atoms with van der Waals surface area (Å²) in [5.41, 5.74) is 6.45. The maximum atomic E-state index is 6.30. The van der Waals surface area contributed by atoms with Gasteiger partial charge in [-0.2, -0.15) is 4.98 Å². The molecule has 0 amide bonds. The van der Waals surface area contributed by atoms with Crippen LogP contribution in [0.15, 0.2) is 28.8 Å². The molecule has 2 N–H and O–H groups in total. The quantitative estimate of drug-likeness (QED) is 0.913. The summed E-state index contributed by atoms with van der Waals surface area (Å²) in [6, 6.07) is 7.38. The molecule has 0 radical (unpaired) electrons. The summed E-state index contributed by atoms with van der Waals surface area (Å²) in [6.45, 7) is 1.22. The molecule has 0 spiro atoms. The third-order valence-electron chi connectivity index (χ3n) is 3.35. The van der Waals surface area contributed by atoms with Gasteiger partial charge < -0.3 is 15.0 Å². The van der Waals surface area contributed by atoms with E-state index in [0.717, 1.165) is 5.56 Å². The van der Waals surface area contributed by atoms with Crippen molar-refractivity contribution in [3.8, 4) is 11.4 Å². The van der Waals surface area contributed by atoms with Crippen molar-refractivity contribution in [2.24, 2.45) is 5.73 Å². The maximum absolute atomic E-state index is 6.30. The van der Waals surface area contributed by atoms with E-state index in [1.165, 1.54) is 0 Å². The second-order valence-electron chi connectivity index (χ2n) is 4.67. The Kier molecular flexibility index (Phi) is 3.26. The number of rotatable bonds is 2. The topological polar surface area (TPSA) is 74.2 Å². The molecule has 1 aliphatic rings. The van der Waals surface area contributed by atoms with Gasteiger partial charge in [0.1, 0.15) is 5.54 Å². The van der Waals surface area contributed by atoms with Gasteiger partial charge in [0.25, 0.3) is 0 Å². The molecule has 0 unspecified atom stereocenters. The molecule has 2 heterocycles. The summed E-state index contributed by atoms with van der Waals surface area (Å²) >= 11 is 6.12. The molecule has 0 aliphatic carbocycles. The second-order valence-corrected chi connectivity index (χ2v) is 5.08. The van der Waals surface area contributed by atoms with Gasteiger partial charge in [-0.25, -0.2) is 0 Å². The van der Waals surface area contributed by atoms with Crippen LogP contribution in [-0.4, -0.2) is 23.4 Å². The zero-order valence-corrected chi connectivity index (χ0v) is 11.1. The largest absolute Gasteiger partial charge is 0.381 e. The van der Waals surface area contributed by atoms with Crippen LogP contribution in [0.25, 0.3) is 11.4 Å². The molecule has 1 aliphatic heterocycles. The molecule has 3 rings (SSSR count). The number of hydrogen-bond donors (Lipinski definition) is 1. The Hall–Kier alpha value is -1.43. The summed E-state index contributed by atoms with van der Waals surface area (Å²) < 4.78 is 10.6. The van der Waals surface area contributed by atoms with Gasteiger partial charge in [-0.3, -0.25) is 0 Å². The first-order chi connectivity index (χ1) is 9.19. The molecule has 1 aromatic carbocycles. The van der Waals surface area contributed by atoms with E-state index in [1.807, 2.05) is 18.2 Å². The van der Waals surface area contributed by atoms with Crippen molar-refractivity contribution in [2.45, 2.75) is 18.4 Å². The lowest BCUT2D eigenvalue weighted by atomic mass is 9.91. The monoisotopic (exact) mass is 279 g/mol. The van der Waals surface area contributed by atoms with E-state index in [-0.39, 0.29) is 0 Å². The Bertz CT molecular complexity index is 579. The maximum Gasteiger partial charge on any atom is 0.247 e. The second kappa shape index (κ2) is 4.92. The highest BCUT2D eigenvalue weighted by Crippen LogP contribution is 2.31. The highest BCUT2D eigenvalue weighted by Gasteiger charge is 2.36. The molecule has 1 aromatic heterocycles. The van der Waals surface area contributed by atoms with Crippen LogP contribution in [0.3, 0.4) is 0 Å². The molecule has 6 heteroatoms. The van der Waals surface area contributed by atoms with E-state index in [2.05, 4.69) is 10.1 Å². The van der Waals surface area contributed by atoms with Crippen molar-refractivity contribution in [1.82, 2.24) is 10.1 Å². The predicted octanol–water partition coefficient (Wildman–Crippen LogP) is 2.35. The van der Waals surface area contributed by atoms with E-state index in [1.54, 1.807) is 6.07 Å². The van der Waals surface area contributed by atoms with E-state index in [4.69, 9.17) is 26.6 Å². The Morgan fingerprint density at radius 1 is 1.21 bits per heavy atom. The van der Waals surface area contributed by atoms with Crippen molar-refractivity contribution in [3.05, 3.63) is 35.2 Å². The average molecular weight is 280 g/mol. The lowest BCUT2D eigenvalue weighted by Crippen LogP contribution is -2.42. The van der Waals surface area contributed by atoms with E-state index in [9.17, 15) is 0 Å². The lowest BCUT2D eigenvalue weighted by Gasteiger charge is -2.29. The normalized spacial score (nSPS) is 18.4. The predicted molar refractivity (Wildman–Crippen MR) is 70.7 cm³/mol. The van der Waals surface area contributed by atoms with Crippen molar-refractivity contribution < 1.29 is 9.26 Å². The lowest BCUT2D eigenvalue weighted by molar-refractivity contribution is 0.0400. The molecule has 5 nitrogen and oxygen atoms in total. The number of benzene rings is 1. The van der Waals surface area contributed by atoms with Gasteiger partial charge in [-0.15, -0.1) is 0 Å². The van der Waals surface area contributed by atoms with Crippen LogP contribution in [0, 0.1) is 0 Å². The van der Waals surface area contributed by atoms with Crippen LogP contribution in [-0.2, 0) is 10.3 Å². The molecule has 0 bridgehead atoms. The number of hydrogen-bond acceptors (Lipinski definition) is 5. The molecule has 100 valence electrons. The van der Waals surface area contributed by atoms with Gasteiger partial charge in [0.2, 0.25) is 11.7 Å². The molecule has 0 atom stereocenters. The van der Waals surface area contributed by atoms with E-state index >= 15 is 0 Å². The first-order valence-electron chi connectivity index (χ1n) is 6.15. The van der Waals surface area contributed by atoms with Crippen molar-refractivity contribution in [3.63, 3.8) is 0 Å². The molecular weight excluding hydrogens is 266 g/mol. The first kappa shape index (κ1) is 12.6. The minimum atomic E-state index is -0.593. The first-order valence-corrected chi connectivity index (χ1v) is 6.52. The Labute approximate surface area is 115 Å². The molecule has 1 fully saturated rings. The van der Waals surface area contributed by atoms with E-state index in [0.29, 0.717) is 42.8 Å². The number of halogens is 1. The molecule has 19 heavy (non-hydrogen) atoms. The van der Waals surface area contributed by atoms with Gasteiger partial charge in [0.15, 0.2) is 0 Å². The van der Waals surface area contributed by atoms with Gasteiger partial charge in [-0.1, -0.05) is 28.9 Å². The van der Waals surface area contributed by atoms with Crippen LogP contribution < -0.4 is 5.73 Å². The smallest absolute Gasteiger partial charge is 0.247 e. The van der Waals surface area contributed by atoms with Crippen molar-refractivity contribution in [1.29, 1.82) is 0 Å². The third kappa shape index (κ3) is 2.36. The molecular formula is C13H14ClN3O2. The van der Waals surface area contributed by atoms with Gasteiger partial charge >= 0.3 is 0 Å².